The van der Waals surface area contributed by atoms with Gasteiger partial charge in [-0.25, -0.2) is 8.42 Å². The minimum Gasteiger partial charge on any atom is -0.378 e. The second-order valence-electron chi connectivity index (χ2n) is 5.18. The molecule has 0 spiro atoms. The van der Waals surface area contributed by atoms with Gasteiger partial charge in [-0.1, -0.05) is 0 Å². The fraction of sp³-hybridized carbons (Fsp3) is 0.917. The highest BCUT2D eigenvalue weighted by Gasteiger charge is 2.28. The molecule has 0 radical (unpaired) electrons. The van der Waals surface area contributed by atoms with Crippen molar-refractivity contribution < 1.29 is 22.7 Å². The minimum atomic E-state index is -3.41. The van der Waals surface area contributed by atoms with Gasteiger partial charge in [0.15, 0.2) is 0 Å². The fourth-order valence-electron chi connectivity index (χ4n) is 2.40. The van der Waals surface area contributed by atoms with Crippen LogP contribution in [0.2, 0.25) is 0 Å². The Hall–Kier alpha value is -0.700. The van der Waals surface area contributed by atoms with Crippen LogP contribution in [0.15, 0.2) is 0 Å². The smallest absolute Gasteiger partial charge is 0.238 e. The van der Waals surface area contributed by atoms with E-state index in [1.54, 1.807) is 4.90 Å². The van der Waals surface area contributed by atoms with Crippen LogP contribution in [0.4, 0.5) is 0 Å². The highest BCUT2D eigenvalue weighted by Crippen LogP contribution is 2.15. The summed E-state index contributed by atoms with van der Waals surface area (Å²) in [7, 11) is -3.41. The number of carbonyl (C=O) groups excluding carboxylic acids is 1. The zero-order chi connectivity index (χ0) is 14.6. The quantitative estimate of drug-likeness (QED) is 0.670. The lowest BCUT2D eigenvalue weighted by Gasteiger charge is -2.29. The molecule has 0 aliphatic carbocycles. The number of morpholine rings is 1. The van der Waals surface area contributed by atoms with Crippen LogP contribution in [0.1, 0.15) is 12.8 Å². The van der Waals surface area contributed by atoms with Crippen LogP contribution in [0.3, 0.4) is 0 Å². The van der Waals surface area contributed by atoms with Crippen molar-refractivity contribution in [3.8, 4) is 0 Å². The van der Waals surface area contributed by atoms with Gasteiger partial charge in [0.1, 0.15) is 0 Å². The number of nitrogens with zero attached hydrogens (tertiary/aromatic N) is 2. The molecule has 2 fully saturated rings. The summed E-state index contributed by atoms with van der Waals surface area (Å²) in [5.41, 5.74) is 0. The summed E-state index contributed by atoms with van der Waals surface area (Å²) >= 11 is 0. The Morgan fingerprint density at radius 1 is 1.30 bits per heavy atom. The molecule has 0 aromatic rings. The van der Waals surface area contributed by atoms with E-state index in [4.69, 9.17) is 9.47 Å². The summed E-state index contributed by atoms with van der Waals surface area (Å²) in [6.45, 7) is 2.88. The molecule has 7 nitrogen and oxygen atoms in total. The molecule has 0 aromatic heterocycles. The average Bonchev–Trinajstić information content (AvgIpc) is 2.91. The zero-order valence-electron chi connectivity index (χ0n) is 11.8. The molecule has 0 bridgehead atoms. The Morgan fingerprint density at radius 3 is 2.55 bits per heavy atom. The lowest BCUT2D eigenvalue weighted by Crippen LogP contribution is -2.48. The van der Waals surface area contributed by atoms with E-state index >= 15 is 0 Å². The SMILES string of the molecule is CS(=O)(=O)N(CC(=O)N1CCOCC1)CC1CCCO1. The largest absolute Gasteiger partial charge is 0.378 e. The van der Waals surface area contributed by atoms with E-state index in [1.165, 1.54) is 4.31 Å². The summed E-state index contributed by atoms with van der Waals surface area (Å²) < 4.78 is 35.5. The van der Waals surface area contributed by atoms with Crippen LogP contribution in [-0.4, -0.2) is 81.9 Å². The van der Waals surface area contributed by atoms with Crippen molar-refractivity contribution in [2.45, 2.75) is 18.9 Å². The third kappa shape index (κ3) is 4.41. The van der Waals surface area contributed by atoms with E-state index in [-0.39, 0.29) is 25.1 Å². The second kappa shape index (κ2) is 6.84. The van der Waals surface area contributed by atoms with E-state index < -0.39 is 10.0 Å². The predicted octanol–water partition coefficient (Wildman–Crippen LogP) is -0.714. The first-order valence-corrected chi connectivity index (χ1v) is 8.74. The third-order valence-corrected chi connectivity index (χ3v) is 4.79. The topological polar surface area (TPSA) is 76.2 Å². The van der Waals surface area contributed by atoms with Crippen molar-refractivity contribution in [1.82, 2.24) is 9.21 Å². The van der Waals surface area contributed by atoms with Crippen molar-refractivity contribution in [2.75, 3.05) is 52.3 Å². The van der Waals surface area contributed by atoms with E-state index in [0.717, 1.165) is 19.1 Å². The van der Waals surface area contributed by atoms with Crippen LogP contribution in [0.25, 0.3) is 0 Å². The molecule has 2 heterocycles. The molecule has 2 aliphatic rings. The molecule has 1 unspecified atom stereocenters. The number of amides is 1. The first kappa shape index (κ1) is 15.7. The van der Waals surface area contributed by atoms with Gasteiger partial charge < -0.3 is 14.4 Å². The van der Waals surface area contributed by atoms with Crippen LogP contribution >= 0.6 is 0 Å². The Labute approximate surface area is 119 Å². The van der Waals surface area contributed by atoms with Gasteiger partial charge in [-0.2, -0.15) is 4.31 Å². The molecule has 0 saturated carbocycles. The summed E-state index contributed by atoms with van der Waals surface area (Å²) in [5.74, 6) is -0.170. The van der Waals surface area contributed by atoms with Crippen LogP contribution in [0.5, 0.6) is 0 Å². The Morgan fingerprint density at radius 2 is 2.00 bits per heavy atom. The Balaban J connectivity index is 1.94. The maximum absolute atomic E-state index is 12.2. The molecule has 0 N–H and O–H groups in total. The minimum absolute atomic E-state index is 0.0952. The van der Waals surface area contributed by atoms with E-state index in [1.807, 2.05) is 0 Å². The van der Waals surface area contributed by atoms with Gasteiger partial charge in [0.2, 0.25) is 15.9 Å². The second-order valence-corrected chi connectivity index (χ2v) is 7.17. The lowest BCUT2D eigenvalue weighted by molar-refractivity contribution is -0.135. The molecular formula is C12H22N2O5S. The Bertz CT molecular complexity index is 427. The van der Waals surface area contributed by atoms with Crippen molar-refractivity contribution >= 4 is 15.9 Å². The number of hydrogen-bond donors (Lipinski definition) is 0. The van der Waals surface area contributed by atoms with E-state index in [9.17, 15) is 13.2 Å². The number of carbonyl (C=O) groups is 1. The van der Waals surface area contributed by atoms with Crippen molar-refractivity contribution in [3.63, 3.8) is 0 Å². The van der Waals surface area contributed by atoms with Gasteiger partial charge in [-0.15, -0.1) is 0 Å². The molecule has 2 saturated heterocycles. The Kier molecular flexibility index (Phi) is 5.36. The molecule has 116 valence electrons. The van der Waals surface area contributed by atoms with Gasteiger partial charge >= 0.3 is 0 Å². The number of hydrogen-bond acceptors (Lipinski definition) is 5. The molecule has 20 heavy (non-hydrogen) atoms. The molecule has 8 heteroatoms. The predicted molar refractivity (Wildman–Crippen MR) is 72.8 cm³/mol. The molecule has 1 amide bonds. The fourth-order valence-corrected chi connectivity index (χ4v) is 3.18. The van der Waals surface area contributed by atoms with E-state index in [2.05, 4.69) is 0 Å². The van der Waals surface area contributed by atoms with Crippen molar-refractivity contribution in [3.05, 3.63) is 0 Å². The first-order chi connectivity index (χ1) is 9.47. The molecule has 1 atom stereocenters. The van der Waals surface area contributed by atoms with Crippen LogP contribution < -0.4 is 0 Å². The third-order valence-electron chi connectivity index (χ3n) is 3.58. The van der Waals surface area contributed by atoms with Gasteiger partial charge in [-0.3, -0.25) is 4.79 Å². The van der Waals surface area contributed by atoms with Gasteiger partial charge in [0.05, 0.1) is 32.1 Å². The molecular weight excluding hydrogens is 284 g/mol. The molecule has 0 aromatic carbocycles. The normalized spacial score (nSPS) is 24.3. The molecule has 2 aliphatic heterocycles. The summed E-state index contributed by atoms with van der Waals surface area (Å²) in [6, 6.07) is 0. The maximum Gasteiger partial charge on any atom is 0.238 e. The van der Waals surface area contributed by atoms with E-state index in [0.29, 0.717) is 32.9 Å². The molecule has 2 rings (SSSR count). The van der Waals surface area contributed by atoms with Crippen molar-refractivity contribution in [2.24, 2.45) is 0 Å². The average molecular weight is 306 g/mol. The van der Waals surface area contributed by atoms with Crippen molar-refractivity contribution in [1.29, 1.82) is 0 Å². The van der Waals surface area contributed by atoms with Crippen LogP contribution in [0, 0.1) is 0 Å². The number of ether oxygens (including phenoxy) is 2. The summed E-state index contributed by atoms with van der Waals surface area (Å²) in [4.78, 5) is 13.8. The first-order valence-electron chi connectivity index (χ1n) is 6.89. The number of sulfonamides is 1. The van der Waals surface area contributed by atoms with Gasteiger partial charge in [0, 0.05) is 26.2 Å². The maximum atomic E-state index is 12.2. The van der Waals surface area contributed by atoms with Crippen LogP contribution in [-0.2, 0) is 24.3 Å². The highest BCUT2D eigenvalue weighted by molar-refractivity contribution is 7.88. The lowest BCUT2D eigenvalue weighted by atomic mass is 10.2. The zero-order valence-corrected chi connectivity index (χ0v) is 12.6. The summed E-state index contributed by atoms with van der Waals surface area (Å²) in [5, 5.41) is 0. The number of rotatable bonds is 5. The summed E-state index contributed by atoms with van der Waals surface area (Å²) in [6.07, 6.45) is 2.83. The van der Waals surface area contributed by atoms with Gasteiger partial charge in [0.25, 0.3) is 0 Å². The standard InChI is InChI=1S/C12H22N2O5S/c1-20(16,17)14(9-11-3-2-6-19-11)10-12(15)13-4-7-18-8-5-13/h11H,2-10H2,1H3. The highest BCUT2D eigenvalue weighted by atomic mass is 32.2. The monoisotopic (exact) mass is 306 g/mol. The van der Waals surface area contributed by atoms with Gasteiger partial charge in [-0.05, 0) is 12.8 Å².